The highest BCUT2D eigenvalue weighted by Crippen LogP contribution is 2.04. The minimum Gasteiger partial charge on any atom is -0.468 e. The van der Waals surface area contributed by atoms with E-state index in [-0.39, 0.29) is 25.0 Å². The summed E-state index contributed by atoms with van der Waals surface area (Å²) in [6.07, 6.45) is 0.627. The lowest BCUT2D eigenvalue weighted by Crippen LogP contribution is -2.39. The van der Waals surface area contributed by atoms with Crippen LogP contribution in [0.3, 0.4) is 0 Å². The second kappa shape index (κ2) is 8.44. The van der Waals surface area contributed by atoms with Gasteiger partial charge in [-0.05, 0) is 20.3 Å². The molecule has 7 heteroatoms. The number of nitrogens with zero attached hydrogens (tertiary/aromatic N) is 1. The Balaban J connectivity index is 4.50. The van der Waals surface area contributed by atoms with Crippen LogP contribution in [-0.4, -0.2) is 57.4 Å². The number of methoxy groups -OCH3 is 1. The summed E-state index contributed by atoms with van der Waals surface area (Å²) in [5.74, 6) is -0.681. The van der Waals surface area contributed by atoms with Gasteiger partial charge in [-0.2, -0.15) is 4.31 Å². The van der Waals surface area contributed by atoms with Crippen LogP contribution in [0.15, 0.2) is 0 Å². The van der Waals surface area contributed by atoms with Gasteiger partial charge < -0.3 is 9.47 Å². The van der Waals surface area contributed by atoms with Crippen LogP contribution in [0.4, 0.5) is 0 Å². The molecule has 0 saturated carbocycles. The number of ether oxygens (including phenoxy) is 2. The van der Waals surface area contributed by atoms with Crippen molar-refractivity contribution in [1.29, 1.82) is 0 Å². The molecule has 0 N–H and O–H groups in total. The molecule has 108 valence electrons. The summed E-state index contributed by atoms with van der Waals surface area (Å²) in [6.45, 7) is 5.72. The highest BCUT2D eigenvalue weighted by atomic mass is 32.2. The summed E-state index contributed by atoms with van der Waals surface area (Å²) in [5.41, 5.74) is 0. The standard InChI is InChI=1S/C11H23NO5S/c1-5-6-12(9-11(13)16-4)18(14,15)8-7-17-10(2)3/h10H,5-9H2,1-4H3. The first-order chi connectivity index (χ1) is 8.33. The monoisotopic (exact) mass is 281 g/mol. The van der Waals surface area contributed by atoms with Crippen molar-refractivity contribution in [1.82, 2.24) is 4.31 Å². The van der Waals surface area contributed by atoms with Crippen molar-refractivity contribution in [3.63, 3.8) is 0 Å². The van der Waals surface area contributed by atoms with Gasteiger partial charge in [-0.15, -0.1) is 0 Å². The fraction of sp³-hybridized carbons (Fsp3) is 0.909. The minimum absolute atomic E-state index is 0.0135. The first-order valence-electron chi connectivity index (χ1n) is 5.99. The molecule has 0 aromatic carbocycles. The van der Waals surface area contributed by atoms with Crippen LogP contribution >= 0.6 is 0 Å². The predicted molar refractivity (Wildman–Crippen MR) is 68.8 cm³/mol. The predicted octanol–water partition coefficient (Wildman–Crippen LogP) is 0.626. The van der Waals surface area contributed by atoms with E-state index in [0.29, 0.717) is 13.0 Å². The maximum absolute atomic E-state index is 12.0. The van der Waals surface area contributed by atoms with Gasteiger partial charge in [0.1, 0.15) is 6.54 Å². The van der Waals surface area contributed by atoms with Crippen LogP contribution in [0.25, 0.3) is 0 Å². The minimum atomic E-state index is -3.48. The number of carbonyl (C=O) groups excluding carboxylic acids is 1. The fourth-order valence-electron chi connectivity index (χ4n) is 1.29. The van der Waals surface area contributed by atoms with E-state index in [1.807, 2.05) is 20.8 Å². The topological polar surface area (TPSA) is 72.9 Å². The highest BCUT2D eigenvalue weighted by molar-refractivity contribution is 7.89. The number of sulfonamides is 1. The molecule has 0 amide bonds. The van der Waals surface area contributed by atoms with Gasteiger partial charge in [0.15, 0.2) is 0 Å². The first-order valence-corrected chi connectivity index (χ1v) is 7.60. The van der Waals surface area contributed by atoms with Crippen LogP contribution < -0.4 is 0 Å². The summed E-state index contributed by atoms with van der Waals surface area (Å²) in [7, 11) is -2.24. The maximum Gasteiger partial charge on any atom is 0.321 e. The average molecular weight is 281 g/mol. The molecule has 0 rings (SSSR count). The van der Waals surface area contributed by atoms with Crippen LogP contribution in [0.5, 0.6) is 0 Å². The molecule has 0 aromatic heterocycles. The van der Waals surface area contributed by atoms with Gasteiger partial charge in [0, 0.05) is 6.54 Å². The molecule has 18 heavy (non-hydrogen) atoms. The molecule has 0 heterocycles. The second-order valence-electron chi connectivity index (χ2n) is 4.15. The van der Waals surface area contributed by atoms with Crippen LogP contribution in [0.1, 0.15) is 27.2 Å². The largest absolute Gasteiger partial charge is 0.468 e. The fourth-order valence-corrected chi connectivity index (χ4v) is 2.62. The Kier molecular flexibility index (Phi) is 8.13. The molecular formula is C11H23NO5S. The molecule has 0 aliphatic heterocycles. The number of hydrogen-bond donors (Lipinski definition) is 0. The normalized spacial score (nSPS) is 12.1. The Morgan fingerprint density at radius 1 is 1.33 bits per heavy atom. The van der Waals surface area contributed by atoms with Crippen LogP contribution in [0, 0.1) is 0 Å². The Bertz CT molecular complexity index is 339. The third kappa shape index (κ3) is 6.93. The van der Waals surface area contributed by atoms with E-state index >= 15 is 0 Å². The van der Waals surface area contributed by atoms with E-state index in [4.69, 9.17) is 4.74 Å². The summed E-state index contributed by atoms with van der Waals surface area (Å²) in [4.78, 5) is 11.2. The van der Waals surface area contributed by atoms with Crippen molar-refractivity contribution < 1.29 is 22.7 Å². The van der Waals surface area contributed by atoms with Gasteiger partial charge in [-0.3, -0.25) is 4.79 Å². The molecular weight excluding hydrogens is 258 g/mol. The van der Waals surface area contributed by atoms with E-state index in [1.165, 1.54) is 7.11 Å². The smallest absolute Gasteiger partial charge is 0.321 e. The summed E-state index contributed by atoms with van der Waals surface area (Å²) in [5, 5.41) is 0. The number of carbonyl (C=O) groups is 1. The number of hydrogen-bond acceptors (Lipinski definition) is 5. The van der Waals surface area contributed by atoms with E-state index in [1.54, 1.807) is 0 Å². The van der Waals surface area contributed by atoms with Crippen molar-refractivity contribution >= 4 is 16.0 Å². The van der Waals surface area contributed by atoms with Crippen molar-refractivity contribution in [2.45, 2.75) is 33.3 Å². The van der Waals surface area contributed by atoms with E-state index < -0.39 is 16.0 Å². The Hall–Kier alpha value is -0.660. The molecule has 0 aliphatic rings. The number of esters is 1. The molecule has 6 nitrogen and oxygen atoms in total. The summed E-state index contributed by atoms with van der Waals surface area (Å²) < 4.78 is 34.8. The van der Waals surface area contributed by atoms with E-state index in [9.17, 15) is 13.2 Å². The third-order valence-electron chi connectivity index (χ3n) is 2.19. The number of rotatable bonds is 9. The van der Waals surface area contributed by atoms with Crippen molar-refractivity contribution in [2.75, 3.05) is 32.6 Å². The Morgan fingerprint density at radius 2 is 1.94 bits per heavy atom. The highest BCUT2D eigenvalue weighted by Gasteiger charge is 2.24. The molecule has 0 aromatic rings. The van der Waals surface area contributed by atoms with E-state index in [2.05, 4.69) is 4.74 Å². The second-order valence-corrected chi connectivity index (χ2v) is 6.23. The van der Waals surface area contributed by atoms with Crippen LogP contribution in [0.2, 0.25) is 0 Å². The lowest BCUT2D eigenvalue weighted by molar-refractivity contribution is -0.140. The first kappa shape index (κ1) is 17.3. The maximum atomic E-state index is 12.0. The molecule has 0 atom stereocenters. The Morgan fingerprint density at radius 3 is 2.39 bits per heavy atom. The SMILES string of the molecule is CCCN(CC(=O)OC)S(=O)(=O)CCOC(C)C. The summed E-state index contributed by atoms with van der Waals surface area (Å²) >= 11 is 0. The lowest BCUT2D eigenvalue weighted by atomic mass is 10.5. The molecule has 0 saturated heterocycles. The summed E-state index contributed by atoms with van der Waals surface area (Å²) in [6, 6.07) is 0. The molecule has 0 unspecified atom stereocenters. The van der Waals surface area contributed by atoms with E-state index in [0.717, 1.165) is 4.31 Å². The molecule has 0 bridgehead atoms. The third-order valence-corrected chi connectivity index (χ3v) is 3.97. The average Bonchev–Trinajstić information content (AvgIpc) is 2.27. The zero-order chi connectivity index (χ0) is 14.2. The molecule has 0 fully saturated rings. The van der Waals surface area contributed by atoms with Crippen LogP contribution in [-0.2, 0) is 24.3 Å². The van der Waals surface area contributed by atoms with Gasteiger partial charge in [0.25, 0.3) is 0 Å². The lowest BCUT2D eigenvalue weighted by Gasteiger charge is -2.20. The van der Waals surface area contributed by atoms with Gasteiger partial charge >= 0.3 is 5.97 Å². The van der Waals surface area contributed by atoms with Crippen molar-refractivity contribution in [2.24, 2.45) is 0 Å². The molecule has 0 spiro atoms. The van der Waals surface area contributed by atoms with Gasteiger partial charge in [-0.1, -0.05) is 6.92 Å². The zero-order valence-electron chi connectivity index (χ0n) is 11.5. The van der Waals surface area contributed by atoms with Gasteiger partial charge in [-0.25, -0.2) is 8.42 Å². The van der Waals surface area contributed by atoms with Crippen molar-refractivity contribution in [3.05, 3.63) is 0 Å². The molecule has 0 radical (unpaired) electrons. The quantitative estimate of drug-likeness (QED) is 0.579. The zero-order valence-corrected chi connectivity index (χ0v) is 12.3. The van der Waals surface area contributed by atoms with Gasteiger partial charge in [0.2, 0.25) is 10.0 Å². The molecule has 0 aliphatic carbocycles. The van der Waals surface area contributed by atoms with Crippen molar-refractivity contribution in [3.8, 4) is 0 Å². The van der Waals surface area contributed by atoms with Gasteiger partial charge in [0.05, 0.1) is 25.6 Å². The Labute approximate surface area is 109 Å².